The van der Waals surface area contributed by atoms with E-state index in [0.717, 1.165) is 32.5 Å². The summed E-state index contributed by atoms with van der Waals surface area (Å²) in [4.78, 5) is 13.5. The minimum Gasteiger partial charge on any atom is -0.341 e. The summed E-state index contributed by atoms with van der Waals surface area (Å²) in [6.45, 7) is 9.87. The van der Waals surface area contributed by atoms with E-state index in [1.54, 1.807) is 7.05 Å². The lowest BCUT2D eigenvalue weighted by atomic mass is 9.96. The number of urea groups is 1. The van der Waals surface area contributed by atoms with Gasteiger partial charge >= 0.3 is 6.03 Å². The highest BCUT2D eigenvalue weighted by atomic mass is 16.2. The van der Waals surface area contributed by atoms with E-state index in [4.69, 9.17) is 0 Å². The number of hydrogen-bond acceptors (Lipinski definition) is 2. The molecule has 1 aromatic carbocycles. The van der Waals surface area contributed by atoms with E-state index in [2.05, 4.69) is 40.7 Å². The Hall–Kier alpha value is -1.55. The number of benzene rings is 1. The Morgan fingerprint density at radius 3 is 2.71 bits per heavy atom. The second kappa shape index (κ2) is 9.40. The Bertz CT molecular complexity index is 446. The van der Waals surface area contributed by atoms with Crippen molar-refractivity contribution in [3.63, 3.8) is 0 Å². The van der Waals surface area contributed by atoms with Crippen LogP contribution in [0.1, 0.15) is 37.5 Å². The standard InChI is InChI=1S/C15H23N3O.C2H6/c1-3-12-4-5-13-6-8-18(11-14(13)10-12)9-7-17-15(19)16-2;1-2/h4-5,10H,3,6-9,11H2,1-2H3,(H2,16,17,19);1-2H3. The number of fused-ring (bicyclic) bond motifs is 1. The van der Waals surface area contributed by atoms with Crippen molar-refractivity contribution in [3.05, 3.63) is 34.9 Å². The van der Waals surface area contributed by atoms with Gasteiger partial charge in [0, 0.05) is 33.2 Å². The van der Waals surface area contributed by atoms with Crippen LogP contribution in [0, 0.1) is 0 Å². The fraction of sp³-hybridized carbons (Fsp3) is 0.588. The number of nitrogens with one attached hydrogen (secondary N) is 2. The van der Waals surface area contributed by atoms with Gasteiger partial charge < -0.3 is 10.6 Å². The zero-order valence-electron chi connectivity index (χ0n) is 13.8. The molecule has 0 fully saturated rings. The van der Waals surface area contributed by atoms with Gasteiger partial charge in [-0.1, -0.05) is 39.0 Å². The summed E-state index contributed by atoms with van der Waals surface area (Å²) in [5, 5.41) is 5.40. The summed E-state index contributed by atoms with van der Waals surface area (Å²) in [7, 11) is 1.64. The van der Waals surface area contributed by atoms with E-state index >= 15 is 0 Å². The summed E-state index contributed by atoms with van der Waals surface area (Å²) in [5.41, 5.74) is 4.34. The Labute approximate surface area is 128 Å². The highest BCUT2D eigenvalue weighted by Gasteiger charge is 2.16. The first-order chi connectivity index (χ1) is 10.2. The van der Waals surface area contributed by atoms with Crippen LogP contribution in [-0.4, -0.2) is 37.6 Å². The van der Waals surface area contributed by atoms with Gasteiger partial charge in [-0.3, -0.25) is 4.90 Å². The van der Waals surface area contributed by atoms with Gasteiger partial charge in [-0.05, 0) is 29.5 Å². The third-order valence-corrected chi connectivity index (χ3v) is 3.71. The average Bonchev–Trinajstić information content (AvgIpc) is 2.55. The average molecular weight is 291 g/mol. The topological polar surface area (TPSA) is 44.4 Å². The molecule has 2 amide bonds. The van der Waals surface area contributed by atoms with E-state index in [0.29, 0.717) is 6.54 Å². The van der Waals surface area contributed by atoms with E-state index in [1.165, 1.54) is 16.7 Å². The molecule has 4 heteroatoms. The Morgan fingerprint density at radius 1 is 1.29 bits per heavy atom. The molecule has 118 valence electrons. The maximum Gasteiger partial charge on any atom is 0.314 e. The van der Waals surface area contributed by atoms with Crippen molar-refractivity contribution in [2.45, 2.75) is 40.2 Å². The summed E-state index contributed by atoms with van der Waals surface area (Å²) in [6.07, 6.45) is 2.20. The van der Waals surface area contributed by atoms with Crippen LogP contribution in [0.3, 0.4) is 0 Å². The van der Waals surface area contributed by atoms with Crippen molar-refractivity contribution >= 4 is 6.03 Å². The number of amides is 2. The fourth-order valence-electron chi connectivity index (χ4n) is 2.50. The Morgan fingerprint density at radius 2 is 2.05 bits per heavy atom. The fourth-order valence-corrected chi connectivity index (χ4v) is 2.50. The molecule has 0 saturated carbocycles. The molecule has 0 radical (unpaired) electrons. The Balaban J connectivity index is 0.00000106. The molecule has 0 aromatic heterocycles. The largest absolute Gasteiger partial charge is 0.341 e. The lowest BCUT2D eigenvalue weighted by Crippen LogP contribution is -2.40. The molecular formula is C17H29N3O. The van der Waals surface area contributed by atoms with Crippen molar-refractivity contribution in [1.29, 1.82) is 0 Å². The molecule has 0 bridgehead atoms. The van der Waals surface area contributed by atoms with Crippen molar-refractivity contribution in [3.8, 4) is 0 Å². The molecule has 0 unspecified atom stereocenters. The number of carbonyl (C=O) groups excluding carboxylic acids is 1. The van der Waals surface area contributed by atoms with Crippen molar-refractivity contribution in [2.24, 2.45) is 0 Å². The van der Waals surface area contributed by atoms with Crippen molar-refractivity contribution in [2.75, 3.05) is 26.7 Å². The van der Waals surface area contributed by atoms with Crippen LogP contribution in [-0.2, 0) is 19.4 Å². The number of carbonyl (C=O) groups is 1. The van der Waals surface area contributed by atoms with Gasteiger partial charge in [0.1, 0.15) is 0 Å². The summed E-state index contributed by atoms with van der Waals surface area (Å²) in [6, 6.07) is 6.73. The molecule has 2 N–H and O–H groups in total. The molecule has 4 nitrogen and oxygen atoms in total. The predicted molar refractivity (Wildman–Crippen MR) is 88.6 cm³/mol. The smallest absolute Gasteiger partial charge is 0.314 e. The van der Waals surface area contributed by atoms with Crippen LogP contribution in [0.4, 0.5) is 4.79 Å². The summed E-state index contributed by atoms with van der Waals surface area (Å²) < 4.78 is 0. The molecule has 0 aliphatic carbocycles. The number of rotatable bonds is 4. The molecule has 0 atom stereocenters. The molecule has 1 aromatic rings. The lowest BCUT2D eigenvalue weighted by molar-refractivity contribution is 0.232. The quantitative estimate of drug-likeness (QED) is 0.895. The van der Waals surface area contributed by atoms with Gasteiger partial charge in [-0.2, -0.15) is 0 Å². The van der Waals surface area contributed by atoms with E-state index in [-0.39, 0.29) is 6.03 Å². The number of aryl methyl sites for hydroxylation is 1. The number of hydrogen-bond donors (Lipinski definition) is 2. The molecule has 21 heavy (non-hydrogen) atoms. The predicted octanol–water partition coefficient (Wildman–Crippen LogP) is 2.56. The summed E-state index contributed by atoms with van der Waals surface area (Å²) in [5.74, 6) is 0. The highest BCUT2D eigenvalue weighted by molar-refractivity contribution is 5.73. The third kappa shape index (κ3) is 5.38. The zero-order chi connectivity index (χ0) is 15.7. The van der Waals surface area contributed by atoms with E-state index in [9.17, 15) is 4.79 Å². The Kier molecular flexibility index (Phi) is 7.83. The van der Waals surface area contributed by atoms with Crippen LogP contribution in [0.25, 0.3) is 0 Å². The minimum absolute atomic E-state index is 0.106. The first kappa shape index (κ1) is 17.5. The molecule has 1 aliphatic heterocycles. The van der Waals surface area contributed by atoms with E-state index < -0.39 is 0 Å². The highest BCUT2D eigenvalue weighted by Crippen LogP contribution is 2.20. The molecule has 0 saturated heterocycles. The van der Waals surface area contributed by atoms with Crippen LogP contribution in [0.5, 0.6) is 0 Å². The van der Waals surface area contributed by atoms with Crippen LogP contribution >= 0.6 is 0 Å². The van der Waals surface area contributed by atoms with Gasteiger partial charge in [-0.15, -0.1) is 0 Å². The van der Waals surface area contributed by atoms with Crippen molar-refractivity contribution < 1.29 is 4.79 Å². The SMILES string of the molecule is CC.CCc1ccc2c(c1)CN(CCNC(=O)NC)CC2. The first-order valence-corrected chi connectivity index (χ1v) is 8.01. The monoisotopic (exact) mass is 291 g/mol. The van der Waals surface area contributed by atoms with Crippen LogP contribution in [0.15, 0.2) is 18.2 Å². The molecule has 1 aliphatic rings. The van der Waals surface area contributed by atoms with Gasteiger partial charge in [0.2, 0.25) is 0 Å². The van der Waals surface area contributed by atoms with Gasteiger partial charge in [-0.25, -0.2) is 4.79 Å². The van der Waals surface area contributed by atoms with E-state index in [1.807, 2.05) is 13.8 Å². The van der Waals surface area contributed by atoms with Gasteiger partial charge in [0.15, 0.2) is 0 Å². The number of nitrogens with zero attached hydrogens (tertiary/aromatic N) is 1. The van der Waals surface area contributed by atoms with Crippen molar-refractivity contribution in [1.82, 2.24) is 15.5 Å². The molecule has 0 spiro atoms. The van der Waals surface area contributed by atoms with Crippen LogP contribution in [0.2, 0.25) is 0 Å². The second-order valence-electron chi connectivity index (χ2n) is 4.99. The second-order valence-corrected chi connectivity index (χ2v) is 4.99. The zero-order valence-corrected chi connectivity index (χ0v) is 13.8. The normalized spacial score (nSPS) is 13.7. The molecule has 1 heterocycles. The van der Waals surface area contributed by atoms with Gasteiger partial charge in [0.25, 0.3) is 0 Å². The first-order valence-electron chi connectivity index (χ1n) is 8.01. The van der Waals surface area contributed by atoms with Crippen LogP contribution < -0.4 is 10.6 Å². The third-order valence-electron chi connectivity index (χ3n) is 3.71. The molecule has 2 rings (SSSR count). The maximum atomic E-state index is 11.1. The maximum absolute atomic E-state index is 11.1. The van der Waals surface area contributed by atoms with Gasteiger partial charge in [0.05, 0.1) is 0 Å². The summed E-state index contributed by atoms with van der Waals surface area (Å²) >= 11 is 0. The minimum atomic E-state index is -0.106. The lowest BCUT2D eigenvalue weighted by Gasteiger charge is -2.29. The molecular weight excluding hydrogens is 262 g/mol.